The van der Waals surface area contributed by atoms with E-state index in [0.717, 1.165) is 11.1 Å². The molecule has 1 rings (SSSR count). The Morgan fingerprint density at radius 3 is 2.50 bits per heavy atom. The predicted octanol–water partition coefficient (Wildman–Crippen LogP) is 2.26. The molecule has 0 aromatic heterocycles. The Morgan fingerprint density at radius 1 is 1.25 bits per heavy atom. The van der Waals surface area contributed by atoms with E-state index in [1.807, 2.05) is 6.07 Å². The molecule has 0 spiro atoms. The summed E-state index contributed by atoms with van der Waals surface area (Å²) in [4.78, 5) is 21.3. The Balaban J connectivity index is 2.83. The Kier molecular flexibility index (Phi) is 6.48. The van der Waals surface area contributed by atoms with Gasteiger partial charge in [-0.05, 0) is 36.6 Å². The molecule has 0 aliphatic heterocycles. The quantitative estimate of drug-likeness (QED) is 0.683. The molecule has 0 aliphatic rings. The fourth-order valence-electron chi connectivity index (χ4n) is 2.02. The number of aliphatic carboxylic acids is 2. The summed E-state index contributed by atoms with van der Waals surface area (Å²) in [5.41, 5.74) is 7.26. The van der Waals surface area contributed by atoms with E-state index >= 15 is 0 Å². The van der Waals surface area contributed by atoms with E-state index in [2.05, 4.69) is 0 Å². The topological polar surface area (TPSA) is 101 Å². The molecular weight excluding hydrogens is 282 g/mol. The second-order valence-electron chi connectivity index (χ2n) is 4.63. The van der Waals surface area contributed by atoms with E-state index in [9.17, 15) is 9.59 Å². The van der Waals surface area contributed by atoms with Crippen LogP contribution >= 0.6 is 11.6 Å². The van der Waals surface area contributed by atoms with Crippen LogP contribution in [0.1, 0.15) is 36.3 Å². The third kappa shape index (κ3) is 5.19. The van der Waals surface area contributed by atoms with E-state index in [-0.39, 0.29) is 25.3 Å². The number of aryl methyl sites for hydroxylation is 1. The summed E-state index contributed by atoms with van der Waals surface area (Å²) in [5, 5.41) is 18.0. The average Bonchev–Trinajstić information content (AvgIpc) is 2.37. The molecule has 0 bridgehead atoms. The van der Waals surface area contributed by atoms with Gasteiger partial charge in [0.2, 0.25) is 0 Å². The third-order valence-corrected chi connectivity index (χ3v) is 3.45. The second kappa shape index (κ2) is 7.87. The van der Waals surface area contributed by atoms with Crippen molar-refractivity contribution in [1.82, 2.24) is 0 Å². The maximum Gasteiger partial charge on any atom is 0.304 e. The molecule has 20 heavy (non-hydrogen) atoms. The molecule has 5 nitrogen and oxygen atoms in total. The average molecular weight is 300 g/mol. The number of nitrogens with two attached hydrogens (primary N) is 1. The van der Waals surface area contributed by atoms with Crippen molar-refractivity contribution in [3.63, 3.8) is 0 Å². The van der Waals surface area contributed by atoms with E-state index in [1.165, 1.54) is 0 Å². The van der Waals surface area contributed by atoms with Crippen LogP contribution in [0.25, 0.3) is 0 Å². The van der Waals surface area contributed by atoms with Crippen LogP contribution in [-0.4, -0.2) is 28.7 Å². The van der Waals surface area contributed by atoms with Gasteiger partial charge in [-0.3, -0.25) is 9.59 Å². The number of rotatable bonds is 8. The number of hydrogen-bond donors (Lipinski definition) is 3. The van der Waals surface area contributed by atoms with Gasteiger partial charge in [0.25, 0.3) is 0 Å². The van der Waals surface area contributed by atoms with Gasteiger partial charge in [-0.25, -0.2) is 0 Å². The summed E-state index contributed by atoms with van der Waals surface area (Å²) in [6.07, 6.45) is 1.08. The van der Waals surface area contributed by atoms with Gasteiger partial charge in [0.15, 0.2) is 0 Å². The van der Waals surface area contributed by atoms with Crippen molar-refractivity contribution < 1.29 is 19.8 Å². The lowest BCUT2D eigenvalue weighted by Gasteiger charge is -2.15. The molecule has 6 heteroatoms. The highest BCUT2D eigenvalue weighted by molar-refractivity contribution is 6.31. The fourth-order valence-corrected chi connectivity index (χ4v) is 2.23. The number of benzene rings is 1. The molecule has 0 fully saturated rings. The zero-order chi connectivity index (χ0) is 15.1. The first kappa shape index (κ1) is 16.5. The Morgan fingerprint density at radius 2 is 1.95 bits per heavy atom. The van der Waals surface area contributed by atoms with Crippen LogP contribution in [-0.2, 0) is 16.0 Å². The van der Waals surface area contributed by atoms with E-state index in [4.69, 9.17) is 27.5 Å². The lowest BCUT2D eigenvalue weighted by Crippen LogP contribution is -2.16. The lowest BCUT2D eigenvalue weighted by molar-refractivity contribution is -0.138. The van der Waals surface area contributed by atoms with Crippen LogP contribution < -0.4 is 5.73 Å². The Labute approximate surface area is 122 Å². The minimum atomic E-state index is -0.900. The molecule has 0 saturated heterocycles. The number of halogens is 1. The molecule has 0 aliphatic carbocycles. The summed E-state index contributed by atoms with van der Waals surface area (Å²) in [5.74, 6) is -2.01. The number of carboxylic acids is 2. The van der Waals surface area contributed by atoms with Gasteiger partial charge in [0.05, 0.1) is 6.42 Å². The van der Waals surface area contributed by atoms with Gasteiger partial charge in [0.1, 0.15) is 0 Å². The van der Waals surface area contributed by atoms with Gasteiger partial charge in [-0.2, -0.15) is 0 Å². The smallest absolute Gasteiger partial charge is 0.304 e. The van der Waals surface area contributed by atoms with Crippen LogP contribution in [0.2, 0.25) is 5.02 Å². The zero-order valence-corrected chi connectivity index (χ0v) is 11.8. The number of carboxylic acid groups (broad SMARTS) is 2. The predicted molar refractivity (Wildman–Crippen MR) is 76.1 cm³/mol. The Hall–Kier alpha value is -1.59. The van der Waals surface area contributed by atoms with Crippen LogP contribution in [0.15, 0.2) is 18.2 Å². The SMILES string of the molecule is NC[C@H](CC(=O)O)c1ccc(Cl)c(CCCC(=O)O)c1. The zero-order valence-electron chi connectivity index (χ0n) is 11.0. The molecule has 1 aromatic rings. The van der Waals surface area contributed by atoms with Crippen molar-refractivity contribution in [2.45, 2.75) is 31.6 Å². The second-order valence-corrected chi connectivity index (χ2v) is 5.04. The molecule has 4 N–H and O–H groups in total. The van der Waals surface area contributed by atoms with Gasteiger partial charge in [-0.1, -0.05) is 23.7 Å². The first-order valence-corrected chi connectivity index (χ1v) is 6.73. The fraction of sp³-hybridized carbons (Fsp3) is 0.429. The highest BCUT2D eigenvalue weighted by Gasteiger charge is 2.15. The van der Waals surface area contributed by atoms with Crippen LogP contribution in [0, 0.1) is 0 Å². The van der Waals surface area contributed by atoms with E-state index in [1.54, 1.807) is 12.1 Å². The van der Waals surface area contributed by atoms with Crippen LogP contribution in [0.4, 0.5) is 0 Å². The van der Waals surface area contributed by atoms with E-state index in [0.29, 0.717) is 17.9 Å². The summed E-state index contributed by atoms with van der Waals surface area (Å²) in [7, 11) is 0. The first-order valence-electron chi connectivity index (χ1n) is 6.36. The molecule has 0 saturated carbocycles. The Bertz CT molecular complexity index is 490. The lowest BCUT2D eigenvalue weighted by atomic mass is 9.93. The normalized spacial score (nSPS) is 12.1. The molecular formula is C14H18ClNO4. The van der Waals surface area contributed by atoms with Crippen LogP contribution in [0.3, 0.4) is 0 Å². The van der Waals surface area contributed by atoms with Crippen molar-refractivity contribution in [3.05, 3.63) is 34.3 Å². The van der Waals surface area contributed by atoms with E-state index < -0.39 is 11.9 Å². The van der Waals surface area contributed by atoms with Crippen molar-refractivity contribution in [3.8, 4) is 0 Å². The summed E-state index contributed by atoms with van der Waals surface area (Å²) in [6.45, 7) is 0.239. The highest BCUT2D eigenvalue weighted by atomic mass is 35.5. The van der Waals surface area contributed by atoms with Gasteiger partial charge >= 0.3 is 11.9 Å². The van der Waals surface area contributed by atoms with Crippen molar-refractivity contribution in [2.75, 3.05) is 6.54 Å². The van der Waals surface area contributed by atoms with Crippen molar-refractivity contribution in [1.29, 1.82) is 0 Å². The summed E-state index contributed by atoms with van der Waals surface area (Å²) < 4.78 is 0. The van der Waals surface area contributed by atoms with Gasteiger partial charge in [0, 0.05) is 17.4 Å². The minimum Gasteiger partial charge on any atom is -0.481 e. The number of carbonyl (C=O) groups is 2. The van der Waals surface area contributed by atoms with Gasteiger partial charge < -0.3 is 15.9 Å². The standard InChI is InChI=1S/C14H18ClNO4/c15-12-5-4-9(11(8-16)7-14(19)20)6-10(12)2-1-3-13(17)18/h4-6,11H,1-3,7-8,16H2,(H,17,18)(H,19,20)/t11-/m0/s1. The maximum atomic E-state index is 10.8. The van der Waals surface area contributed by atoms with Crippen molar-refractivity contribution in [2.24, 2.45) is 5.73 Å². The molecule has 0 radical (unpaired) electrons. The molecule has 0 amide bonds. The molecule has 0 unspecified atom stereocenters. The summed E-state index contributed by atoms with van der Waals surface area (Å²) in [6, 6.07) is 5.30. The monoisotopic (exact) mass is 299 g/mol. The molecule has 1 aromatic carbocycles. The minimum absolute atomic E-state index is 0.0350. The largest absolute Gasteiger partial charge is 0.481 e. The molecule has 0 heterocycles. The summed E-state index contributed by atoms with van der Waals surface area (Å²) >= 11 is 6.07. The maximum absolute atomic E-state index is 10.8. The van der Waals surface area contributed by atoms with Crippen LogP contribution in [0.5, 0.6) is 0 Å². The molecule has 1 atom stereocenters. The highest BCUT2D eigenvalue weighted by Crippen LogP contribution is 2.25. The molecule has 110 valence electrons. The third-order valence-electron chi connectivity index (χ3n) is 3.08. The number of hydrogen-bond acceptors (Lipinski definition) is 3. The van der Waals surface area contributed by atoms with Gasteiger partial charge in [-0.15, -0.1) is 0 Å². The van der Waals surface area contributed by atoms with Crippen molar-refractivity contribution >= 4 is 23.5 Å². The first-order chi connectivity index (χ1) is 9.43.